The molecule has 112 valence electrons. The molecular formula is C16H21N3O2. The largest absolute Gasteiger partial charge is 0.392 e. The van der Waals surface area contributed by atoms with Gasteiger partial charge in [-0.05, 0) is 44.4 Å². The third-order valence-electron chi connectivity index (χ3n) is 4.19. The van der Waals surface area contributed by atoms with Gasteiger partial charge in [0.25, 0.3) is 5.56 Å². The zero-order valence-corrected chi connectivity index (χ0v) is 12.0. The second kappa shape index (κ2) is 6.37. The molecule has 21 heavy (non-hydrogen) atoms. The zero-order chi connectivity index (χ0) is 14.7. The van der Waals surface area contributed by atoms with Gasteiger partial charge in [-0.2, -0.15) is 0 Å². The molecule has 3 rings (SSSR count). The Balaban J connectivity index is 1.65. The van der Waals surface area contributed by atoms with Crippen molar-refractivity contribution in [2.45, 2.75) is 44.4 Å². The van der Waals surface area contributed by atoms with Crippen LogP contribution in [0.5, 0.6) is 0 Å². The highest BCUT2D eigenvalue weighted by Crippen LogP contribution is 2.13. The Morgan fingerprint density at radius 2 is 2.24 bits per heavy atom. The van der Waals surface area contributed by atoms with Crippen molar-refractivity contribution in [3.8, 4) is 0 Å². The van der Waals surface area contributed by atoms with E-state index < -0.39 is 0 Å². The van der Waals surface area contributed by atoms with Crippen LogP contribution in [0.1, 0.15) is 25.7 Å². The van der Waals surface area contributed by atoms with Crippen LogP contribution >= 0.6 is 0 Å². The number of fused-ring (bicyclic) bond motifs is 1. The summed E-state index contributed by atoms with van der Waals surface area (Å²) in [6.07, 6.45) is 5.00. The third-order valence-corrected chi connectivity index (χ3v) is 4.19. The van der Waals surface area contributed by atoms with Crippen molar-refractivity contribution in [2.24, 2.45) is 0 Å². The topological polar surface area (TPSA) is 67.2 Å². The number of aliphatic hydroxyl groups excluding tert-OH is 1. The van der Waals surface area contributed by atoms with Crippen LogP contribution in [0.3, 0.4) is 0 Å². The van der Waals surface area contributed by atoms with E-state index in [1.807, 2.05) is 24.3 Å². The molecule has 1 saturated heterocycles. The Morgan fingerprint density at radius 1 is 1.38 bits per heavy atom. The number of aryl methyl sites for hydroxylation is 1. The van der Waals surface area contributed by atoms with Crippen LogP contribution in [0.2, 0.25) is 0 Å². The lowest BCUT2D eigenvalue weighted by Gasteiger charge is -2.28. The monoisotopic (exact) mass is 287 g/mol. The van der Waals surface area contributed by atoms with Crippen molar-refractivity contribution in [3.05, 3.63) is 40.9 Å². The van der Waals surface area contributed by atoms with Crippen molar-refractivity contribution in [2.75, 3.05) is 6.54 Å². The maximum Gasteiger partial charge on any atom is 0.261 e. The van der Waals surface area contributed by atoms with E-state index in [1.165, 1.54) is 0 Å². The highest BCUT2D eigenvalue weighted by molar-refractivity contribution is 5.76. The summed E-state index contributed by atoms with van der Waals surface area (Å²) in [5.41, 5.74) is 0.751. The molecule has 0 bridgehead atoms. The van der Waals surface area contributed by atoms with Crippen LogP contribution in [0.4, 0.5) is 0 Å². The van der Waals surface area contributed by atoms with Crippen LogP contribution in [0.15, 0.2) is 35.4 Å². The molecule has 5 heteroatoms. The lowest BCUT2D eigenvalue weighted by molar-refractivity contribution is 0.0908. The van der Waals surface area contributed by atoms with Crippen LogP contribution in [-0.4, -0.2) is 33.3 Å². The average molecular weight is 287 g/mol. The summed E-state index contributed by atoms with van der Waals surface area (Å²) >= 11 is 0. The maximum absolute atomic E-state index is 12.3. The number of nitrogens with zero attached hydrogens (tertiary/aromatic N) is 2. The number of hydrogen-bond donors (Lipinski definition) is 2. The van der Waals surface area contributed by atoms with Gasteiger partial charge in [0.1, 0.15) is 0 Å². The molecule has 5 nitrogen and oxygen atoms in total. The van der Waals surface area contributed by atoms with Crippen molar-refractivity contribution >= 4 is 10.9 Å². The number of rotatable bonds is 4. The first-order chi connectivity index (χ1) is 10.3. The van der Waals surface area contributed by atoms with Gasteiger partial charge in [0, 0.05) is 12.6 Å². The van der Waals surface area contributed by atoms with Gasteiger partial charge in [0.15, 0.2) is 0 Å². The van der Waals surface area contributed by atoms with Crippen molar-refractivity contribution in [1.29, 1.82) is 0 Å². The number of nitrogens with one attached hydrogen (secondary N) is 1. The third kappa shape index (κ3) is 3.14. The van der Waals surface area contributed by atoms with Gasteiger partial charge in [-0.1, -0.05) is 12.1 Å². The van der Waals surface area contributed by atoms with Crippen LogP contribution < -0.4 is 10.9 Å². The first-order valence-electron chi connectivity index (χ1n) is 7.61. The van der Waals surface area contributed by atoms with E-state index in [4.69, 9.17) is 0 Å². The minimum atomic E-state index is -0.259. The first kappa shape index (κ1) is 14.2. The number of piperidine rings is 1. The molecule has 1 fully saturated rings. The summed E-state index contributed by atoms with van der Waals surface area (Å²) in [5.74, 6) is 0. The molecule has 2 N–H and O–H groups in total. The summed E-state index contributed by atoms with van der Waals surface area (Å²) in [7, 11) is 0. The number of aromatic nitrogens is 2. The SMILES string of the molecule is O=c1c2ccccc2ncn1CCC[C@H]1NCCC[C@@H]1O. The molecule has 2 atom stereocenters. The summed E-state index contributed by atoms with van der Waals surface area (Å²) in [6.45, 7) is 1.61. The van der Waals surface area contributed by atoms with Gasteiger partial charge in [-0.25, -0.2) is 4.98 Å². The first-order valence-corrected chi connectivity index (χ1v) is 7.61. The second-order valence-corrected chi connectivity index (χ2v) is 5.67. The fourth-order valence-corrected chi connectivity index (χ4v) is 2.98. The predicted molar refractivity (Wildman–Crippen MR) is 82.3 cm³/mol. The van der Waals surface area contributed by atoms with Crippen molar-refractivity contribution < 1.29 is 5.11 Å². The van der Waals surface area contributed by atoms with Gasteiger partial charge in [-0.3, -0.25) is 9.36 Å². The highest BCUT2D eigenvalue weighted by Gasteiger charge is 2.21. The Labute approximate surface area is 123 Å². The van der Waals surface area contributed by atoms with E-state index >= 15 is 0 Å². The summed E-state index contributed by atoms with van der Waals surface area (Å²) in [4.78, 5) is 16.7. The van der Waals surface area contributed by atoms with Crippen LogP contribution in [0, 0.1) is 0 Å². The molecule has 1 aromatic carbocycles. The van der Waals surface area contributed by atoms with Crippen LogP contribution in [-0.2, 0) is 6.54 Å². The molecule has 1 aliphatic heterocycles. The lowest BCUT2D eigenvalue weighted by atomic mass is 9.97. The van der Waals surface area contributed by atoms with E-state index in [0.717, 1.165) is 37.7 Å². The van der Waals surface area contributed by atoms with E-state index in [0.29, 0.717) is 11.9 Å². The van der Waals surface area contributed by atoms with E-state index in [2.05, 4.69) is 10.3 Å². The number of aliphatic hydroxyl groups is 1. The molecule has 2 aromatic rings. The Kier molecular flexibility index (Phi) is 4.31. The Hall–Kier alpha value is -1.72. The molecule has 0 radical (unpaired) electrons. The number of para-hydroxylation sites is 1. The molecule has 0 unspecified atom stereocenters. The molecule has 0 saturated carbocycles. The molecule has 1 aliphatic rings. The van der Waals surface area contributed by atoms with Gasteiger partial charge in [0.2, 0.25) is 0 Å². The molecule has 0 aliphatic carbocycles. The van der Waals surface area contributed by atoms with E-state index in [-0.39, 0.29) is 17.7 Å². The Bertz CT molecular complexity index is 668. The van der Waals surface area contributed by atoms with Gasteiger partial charge >= 0.3 is 0 Å². The highest BCUT2D eigenvalue weighted by atomic mass is 16.3. The van der Waals surface area contributed by atoms with Crippen molar-refractivity contribution in [3.63, 3.8) is 0 Å². The number of hydrogen-bond acceptors (Lipinski definition) is 4. The minimum Gasteiger partial charge on any atom is -0.392 e. The molecular weight excluding hydrogens is 266 g/mol. The van der Waals surface area contributed by atoms with Crippen molar-refractivity contribution in [1.82, 2.24) is 14.9 Å². The Morgan fingerprint density at radius 3 is 3.10 bits per heavy atom. The average Bonchev–Trinajstić information content (AvgIpc) is 2.52. The molecule has 2 heterocycles. The summed E-state index contributed by atoms with van der Waals surface area (Å²) in [5, 5.41) is 13.9. The molecule has 0 amide bonds. The quantitative estimate of drug-likeness (QED) is 0.889. The van der Waals surface area contributed by atoms with Gasteiger partial charge in [-0.15, -0.1) is 0 Å². The fraction of sp³-hybridized carbons (Fsp3) is 0.500. The van der Waals surface area contributed by atoms with Crippen LogP contribution in [0.25, 0.3) is 10.9 Å². The normalized spacial score (nSPS) is 22.5. The summed E-state index contributed by atoms with van der Waals surface area (Å²) in [6, 6.07) is 7.56. The number of benzene rings is 1. The van der Waals surface area contributed by atoms with E-state index in [9.17, 15) is 9.90 Å². The van der Waals surface area contributed by atoms with Gasteiger partial charge in [0.05, 0.1) is 23.3 Å². The standard InChI is InChI=1S/C16H21N3O2/c20-15-8-3-9-17-14(15)7-4-10-19-11-18-13-6-2-1-5-12(13)16(19)21/h1-2,5-6,11,14-15,17,20H,3-4,7-10H2/t14-,15+/m1/s1. The van der Waals surface area contributed by atoms with E-state index in [1.54, 1.807) is 10.9 Å². The minimum absolute atomic E-state index is 0.0118. The smallest absolute Gasteiger partial charge is 0.261 e. The maximum atomic E-state index is 12.3. The fourth-order valence-electron chi connectivity index (χ4n) is 2.98. The lowest BCUT2D eigenvalue weighted by Crippen LogP contribution is -2.44. The summed E-state index contributed by atoms with van der Waals surface area (Å²) < 4.78 is 1.66. The second-order valence-electron chi connectivity index (χ2n) is 5.67. The zero-order valence-electron chi connectivity index (χ0n) is 12.0. The molecule has 1 aromatic heterocycles. The molecule has 0 spiro atoms. The van der Waals surface area contributed by atoms with Gasteiger partial charge < -0.3 is 10.4 Å². The predicted octanol–water partition coefficient (Wildman–Crippen LogP) is 1.29.